The normalized spacial score (nSPS) is 15.5. The number of amides is 1. The lowest BCUT2D eigenvalue weighted by Gasteiger charge is -2.35. The molecule has 1 saturated heterocycles. The van der Waals surface area contributed by atoms with Crippen molar-refractivity contribution in [2.45, 2.75) is 4.90 Å². The fourth-order valence-corrected chi connectivity index (χ4v) is 4.12. The first-order valence-corrected chi connectivity index (χ1v) is 10.8. The van der Waals surface area contributed by atoms with Gasteiger partial charge in [-0.2, -0.15) is 0 Å². The number of piperazine rings is 1. The van der Waals surface area contributed by atoms with Gasteiger partial charge in [-0.3, -0.25) is 9.69 Å². The SMILES string of the molecule is CN(C)S(=O)(=O)c1cccc(NC(=O)CN2CCN(c3ccc(O)cc3)CC2)c1. The van der Waals surface area contributed by atoms with Crippen molar-refractivity contribution in [3.05, 3.63) is 48.5 Å². The maximum atomic E-state index is 12.4. The van der Waals surface area contributed by atoms with Crippen LogP contribution in [0.25, 0.3) is 0 Å². The summed E-state index contributed by atoms with van der Waals surface area (Å²) in [5, 5.41) is 12.2. The van der Waals surface area contributed by atoms with Gasteiger partial charge in [0.15, 0.2) is 0 Å². The number of nitrogens with zero attached hydrogens (tertiary/aromatic N) is 3. The molecular weight excluding hydrogens is 392 g/mol. The van der Waals surface area contributed by atoms with Gasteiger partial charge in [-0.15, -0.1) is 0 Å². The van der Waals surface area contributed by atoms with Crippen LogP contribution in [0.15, 0.2) is 53.4 Å². The van der Waals surface area contributed by atoms with Crippen molar-refractivity contribution in [3.63, 3.8) is 0 Å². The Balaban J connectivity index is 1.54. The van der Waals surface area contributed by atoms with Crippen LogP contribution in [-0.4, -0.2) is 75.5 Å². The third-order valence-electron chi connectivity index (χ3n) is 4.85. The number of hydrogen-bond donors (Lipinski definition) is 2. The van der Waals surface area contributed by atoms with E-state index in [0.29, 0.717) is 5.69 Å². The van der Waals surface area contributed by atoms with E-state index in [-0.39, 0.29) is 23.1 Å². The average Bonchev–Trinajstić information content (AvgIpc) is 2.69. The Labute approximate surface area is 171 Å². The van der Waals surface area contributed by atoms with Gasteiger partial charge in [-0.1, -0.05) is 6.07 Å². The smallest absolute Gasteiger partial charge is 0.242 e. The Morgan fingerprint density at radius 3 is 2.34 bits per heavy atom. The quantitative estimate of drug-likeness (QED) is 0.737. The summed E-state index contributed by atoms with van der Waals surface area (Å²) < 4.78 is 25.6. The Hall–Kier alpha value is -2.62. The van der Waals surface area contributed by atoms with Crippen LogP contribution >= 0.6 is 0 Å². The first kappa shape index (κ1) is 21.1. The summed E-state index contributed by atoms with van der Waals surface area (Å²) in [6, 6.07) is 13.4. The molecule has 0 aliphatic carbocycles. The van der Waals surface area contributed by atoms with E-state index in [1.54, 1.807) is 24.3 Å². The van der Waals surface area contributed by atoms with Crippen molar-refractivity contribution in [1.29, 1.82) is 0 Å². The van der Waals surface area contributed by atoms with E-state index in [2.05, 4.69) is 15.1 Å². The number of phenolic OH excluding ortho intramolecular Hbond substituents is 1. The molecule has 156 valence electrons. The first-order chi connectivity index (χ1) is 13.8. The van der Waals surface area contributed by atoms with Crippen LogP contribution < -0.4 is 10.2 Å². The fourth-order valence-electron chi connectivity index (χ4n) is 3.18. The number of nitrogens with one attached hydrogen (secondary N) is 1. The van der Waals surface area contributed by atoms with E-state index < -0.39 is 10.0 Å². The van der Waals surface area contributed by atoms with Crippen molar-refractivity contribution in [1.82, 2.24) is 9.21 Å². The Kier molecular flexibility index (Phi) is 6.41. The lowest BCUT2D eigenvalue weighted by Crippen LogP contribution is -2.48. The molecule has 1 fully saturated rings. The molecule has 0 bridgehead atoms. The van der Waals surface area contributed by atoms with Gasteiger partial charge in [0.1, 0.15) is 5.75 Å². The molecule has 9 heteroatoms. The minimum atomic E-state index is -3.55. The first-order valence-electron chi connectivity index (χ1n) is 9.34. The van der Waals surface area contributed by atoms with Crippen LogP contribution in [0.1, 0.15) is 0 Å². The van der Waals surface area contributed by atoms with Gasteiger partial charge >= 0.3 is 0 Å². The molecular formula is C20H26N4O4S. The number of carbonyl (C=O) groups excluding carboxylic acids is 1. The molecule has 0 spiro atoms. The van der Waals surface area contributed by atoms with Gasteiger partial charge in [-0.25, -0.2) is 12.7 Å². The van der Waals surface area contributed by atoms with Crippen LogP contribution in [0.2, 0.25) is 0 Å². The molecule has 2 aromatic carbocycles. The van der Waals surface area contributed by atoms with E-state index in [1.807, 2.05) is 12.1 Å². The van der Waals surface area contributed by atoms with Crippen LogP contribution in [0, 0.1) is 0 Å². The summed E-state index contributed by atoms with van der Waals surface area (Å²) >= 11 is 0. The Bertz CT molecular complexity index is 953. The summed E-state index contributed by atoms with van der Waals surface area (Å²) in [7, 11) is -0.606. The standard InChI is InChI=1S/C20H26N4O4S/c1-22(2)29(27,28)19-5-3-4-16(14-19)21-20(26)15-23-10-12-24(13-11-23)17-6-8-18(25)9-7-17/h3-9,14,25H,10-13,15H2,1-2H3,(H,21,26). The Morgan fingerprint density at radius 1 is 1.07 bits per heavy atom. The molecule has 29 heavy (non-hydrogen) atoms. The second kappa shape index (κ2) is 8.81. The predicted molar refractivity (Wildman–Crippen MR) is 113 cm³/mol. The van der Waals surface area contributed by atoms with Gasteiger partial charge < -0.3 is 15.3 Å². The van der Waals surface area contributed by atoms with Gasteiger partial charge in [0.2, 0.25) is 15.9 Å². The average molecular weight is 419 g/mol. The summed E-state index contributed by atoms with van der Waals surface area (Å²) in [5.74, 6) is 0.0639. The van der Waals surface area contributed by atoms with Gasteiger partial charge in [0.05, 0.1) is 11.4 Å². The number of benzene rings is 2. The molecule has 0 aromatic heterocycles. The summed E-state index contributed by atoms with van der Waals surface area (Å²) in [5.41, 5.74) is 1.51. The number of anilines is 2. The molecule has 1 amide bonds. The topological polar surface area (TPSA) is 93.2 Å². The van der Waals surface area contributed by atoms with Crippen molar-refractivity contribution >= 4 is 27.3 Å². The predicted octanol–water partition coefficient (Wildman–Crippen LogP) is 1.40. The Morgan fingerprint density at radius 2 is 1.72 bits per heavy atom. The fraction of sp³-hybridized carbons (Fsp3) is 0.350. The van der Waals surface area contributed by atoms with Gasteiger partial charge in [0, 0.05) is 51.6 Å². The molecule has 0 unspecified atom stereocenters. The zero-order valence-corrected chi connectivity index (χ0v) is 17.4. The molecule has 0 atom stereocenters. The van der Waals surface area contributed by atoms with Crippen LogP contribution in [-0.2, 0) is 14.8 Å². The zero-order chi connectivity index (χ0) is 21.0. The second-order valence-electron chi connectivity index (χ2n) is 7.14. The highest BCUT2D eigenvalue weighted by atomic mass is 32.2. The summed E-state index contributed by atoms with van der Waals surface area (Å²) in [4.78, 5) is 16.8. The third-order valence-corrected chi connectivity index (χ3v) is 6.66. The molecule has 2 N–H and O–H groups in total. The zero-order valence-electron chi connectivity index (χ0n) is 16.6. The summed E-state index contributed by atoms with van der Waals surface area (Å²) in [6.45, 7) is 3.30. The molecule has 8 nitrogen and oxygen atoms in total. The summed E-state index contributed by atoms with van der Waals surface area (Å²) in [6.07, 6.45) is 0. The number of sulfonamides is 1. The number of hydrogen-bond acceptors (Lipinski definition) is 6. The van der Waals surface area contributed by atoms with Crippen molar-refractivity contribution < 1.29 is 18.3 Å². The lowest BCUT2D eigenvalue weighted by atomic mass is 10.2. The maximum Gasteiger partial charge on any atom is 0.242 e. The van der Waals surface area contributed by atoms with E-state index in [4.69, 9.17) is 0 Å². The van der Waals surface area contributed by atoms with E-state index in [9.17, 15) is 18.3 Å². The molecule has 0 radical (unpaired) electrons. The van der Waals surface area contributed by atoms with Gasteiger partial charge in [-0.05, 0) is 42.5 Å². The van der Waals surface area contributed by atoms with Crippen LogP contribution in [0.4, 0.5) is 11.4 Å². The van der Waals surface area contributed by atoms with Crippen LogP contribution in [0.3, 0.4) is 0 Å². The highest BCUT2D eigenvalue weighted by Crippen LogP contribution is 2.20. The second-order valence-corrected chi connectivity index (χ2v) is 9.29. The number of rotatable bonds is 6. The van der Waals surface area contributed by atoms with Crippen LogP contribution in [0.5, 0.6) is 5.75 Å². The minimum absolute atomic E-state index is 0.141. The molecule has 1 aliphatic heterocycles. The highest BCUT2D eigenvalue weighted by molar-refractivity contribution is 7.89. The monoisotopic (exact) mass is 418 g/mol. The van der Waals surface area contributed by atoms with Crippen molar-refractivity contribution in [2.24, 2.45) is 0 Å². The van der Waals surface area contributed by atoms with Gasteiger partial charge in [0.25, 0.3) is 0 Å². The minimum Gasteiger partial charge on any atom is -0.508 e. The molecule has 1 aliphatic rings. The van der Waals surface area contributed by atoms with Crippen molar-refractivity contribution in [2.75, 3.05) is 57.0 Å². The molecule has 0 saturated carbocycles. The molecule has 1 heterocycles. The number of carbonyl (C=O) groups is 1. The van der Waals surface area contributed by atoms with E-state index >= 15 is 0 Å². The number of phenols is 1. The third kappa shape index (κ3) is 5.26. The largest absolute Gasteiger partial charge is 0.508 e. The maximum absolute atomic E-state index is 12.4. The number of aromatic hydroxyl groups is 1. The molecule has 3 rings (SSSR count). The van der Waals surface area contributed by atoms with E-state index in [1.165, 1.54) is 26.2 Å². The lowest BCUT2D eigenvalue weighted by molar-refractivity contribution is -0.117. The highest BCUT2D eigenvalue weighted by Gasteiger charge is 2.20. The molecule has 2 aromatic rings. The van der Waals surface area contributed by atoms with E-state index in [0.717, 1.165) is 36.2 Å². The van der Waals surface area contributed by atoms with Crippen molar-refractivity contribution in [3.8, 4) is 5.75 Å².